The first-order valence-electron chi connectivity index (χ1n) is 5.64. The van der Waals surface area contributed by atoms with Gasteiger partial charge in [0.05, 0.1) is 0 Å². The number of ether oxygens (including phenoxy) is 4. The number of rotatable bonds is 11. The number of hydrogen-bond acceptors (Lipinski definition) is 7. The molecule has 0 amide bonds. The first kappa shape index (κ1) is 16.4. The molecular formula is C12H15N3O4. The average molecular weight is 265 g/mol. The molecule has 19 heavy (non-hydrogen) atoms. The van der Waals surface area contributed by atoms with Crippen LogP contribution in [0.1, 0.15) is 19.3 Å². The van der Waals surface area contributed by atoms with Crippen molar-refractivity contribution in [3.05, 3.63) is 12.3 Å². The highest BCUT2D eigenvalue weighted by Gasteiger charge is 2.15. The number of nitriles is 3. The first-order chi connectivity index (χ1) is 9.26. The standard InChI is InChI=1S/C12H15N3O4/c1-11(18-7-6-17-9-14)12(19-10-15)4-2-3-5-16-8-13/h12H,1-7H2. The molecule has 0 heterocycles. The Hall–Kier alpha value is -2.59. The maximum absolute atomic E-state index is 8.53. The maximum Gasteiger partial charge on any atom is 0.287 e. The molecular weight excluding hydrogens is 250 g/mol. The largest absolute Gasteiger partial charge is 0.491 e. The second-order valence-corrected chi connectivity index (χ2v) is 3.39. The molecule has 7 heteroatoms. The molecule has 7 nitrogen and oxygen atoms in total. The summed E-state index contributed by atoms with van der Waals surface area (Å²) in [6.07, 6.45) is 6.04. The van der Waals surface area contributed by atoms with Crippen LogP contribution >= 0.6 is 0 Å². The summed E-state index contributed by atoms with van der Waals surface area (Å²) in [4.78, 5) is 0. The highest BCUT2D eigenvalue weighted by atomic mass is 16.5. The third-order valence-corrected chi connectivity index (χ3v) is 2.12. The number of hydrogen-bond donors (Lipinski definition) is 0. The van der Waals surface area contributed by atoms with E-state index in [0.717, 1.165) is 0 Å². The molecule has 0 aliphatic rings. The van der Waals surface area contributed by atoms with E-state index in [1.54, 1.807) is 12.5 Å². The smallest absolute Gasteiger partial charge is 0.287 e. The fourth-order valence-corrected chi connectivity index (χ4v) is 1.25. The lowest BCUT2D eigenvalue weighted by molar-refractivity contribution is 0.0708. The highest BCUT2D eigenvalue weighted by Crippen LogP contribution is 2.14. The van der Waals surface area contributed by atoms with Crippen molar-refractivity contribution in [2.24, 2.45) is 0 Å². The normalized spacial score (nSPS) is 10.2. The van der Waals surface area contributed by atoms with Gasteiger partial charge in [0.15, 0.2) is 6.10 Å². The molecule has 0 spiro atoms. The Kier molecular flexibility index (Phi) is 10.3. The van der Waals surface area contributed by atoms with Gasteiger partial charge in [0.1, 0.15) is 25.6 Å². The molecule has 0 aliphatic carbocycles. The van der Waals surface area contributed by atoms with E-state index in [1.807, 2.05) is 0 Å². The van der Waals surface area contributed by atoms with Crippen molar-refractivity contribution >= 4 is 0 Å². The van der Waals surface area contributed by atoms with Crippen molar-refractivity contribution in [2.75, 3.05) is 19.8 Å². The van der Waals surface area contributed by atoms with Gasteiger partial charge in [-0.25, -0.2) is 0 Å². The lowest BCUT2D eigenvalue weighted by Gasteiger charge is -2.17. The Labute approximate surface area is 112 Å². The van der Waals surface area contributed by atoms with Crippen LogP contribution in [0, 0.1) is 34.6 Å². The quantitative estimate of drug-likeness (QED) is 0.316. The van der Waals surface area contributed by atoms with Crippen LogP contribution in [0.15, 0.2) is 12.3 Å². The average Bonchev–Trinajstić information content (AvgIpc) is 2.42. The van der Waals surface area contributed by atoms with Gasteiger partial charge in [-0.15, -0.1) is 0 Å². The Morgan fingerprint density at radius 3 is 2.26 bits per heavy atom. The topological polar surface area (TPSA) is 108 Å². The summed E-state index contributed by atoms with van der Waals surface area (Å²) < 4.78 is 19.0. The van der Waals surface area contributed by atoms with Gasteiger partial charge < -0.3 is 18.9 Å². The minimum atomic E-state index is -0.547. The third kappa shape index (κ3) is 9.14. The van der Waals surface area contributed by atoms with Crippen molar-refractivity contribution in [2.45, 2.75) is 25.4 Å². The van der Waals surface area contributed by atoms with Crippen LogP contribution < -0.4 is 0 Å². The van der Waals surface area contributed by atoms with E-state index in [1.165, 1.54) is 6.26 Å². The summed E-state index contributed by atoms with van der Waals surface area (Å²) in [6, 6.07) is 0. The van der Waals surface area contributed by atoms with Crippen LogP contribution in [0.25, 0.3) is 0 Å². The van der Waals surface area contributed by atoms with Gasteiger partial charge >= 0.3 is 0 Å². The van der Waals surface area contributed by atoms with E-state index < -0.39 is 6.10 Å². The van der Waals surface area contributed by atoms with Crippen LogP contribution in [0.4, 0.5) is 0 Å². The summed E-state index contributed by atoms with van der Waals surface area (Å²) in [5, 5.41) is 24.9. The van der Waals surface area contributed by atoms with Crippen molar-refractivity contribution in [1.82, 2.24) is 0 Å². The van der Waals surface area contributed by atoms with Crippen molar-refractivity contribution in [1.29, 1.82) is 15.8 Å². The zero-order valence-electron chi connectivity index (χ0n) is 10.5. The minimum absolute atomic E-state index is 0.116. The molecule has 0 aromatic rings. The molecule has 102 valence electrons. The van der Waals surface area contributed by atoms with E-state index in [-0.39, 0.29) is 13.2 Å². The Bertz CT molecular complexity index is 378. The first-order valence-corrected chi connectivity index (χ1v) is 5.64. The van der Waals surface area contributed by atoms with E-state index in [4.69, 9.17) is 25.3 Å². The Balaban J connectivity index is 3.89. The molecule has 0 saturated heterocycles. The second-order valence-electron chi connectivity index (χ2n) is 3.39. The molecule has 0 aliphatic heterocycles. The molecule has 0 N–H and O–H groups in total. The fraction of sp³-hybridized carbons (Fsp3) is 0.583. The van der Waals surface area contributed by atoms with Gasteiger partial charge in [-0.1, -0.05) is 6.58 Å². The Morgan fingerprint density at radius 2 is 1.63 bits per heavy atom. The van der Waals surface area contributed by atoms with E-state index in [0.29, 0.717) is 31.6 Å². The molecule has 0 fully saturated rings. The van der Waals surface area contributed by atoms with Crippen LogP contribution in [-0.2, 0) is 18.9 Å². The van der Waals surface area contributed by atoms with Gasteiger partial charge in [-0.2, -0.15) is 15.8 Å². The predicted molar refractivity (Wildman–Crippen MR) is 62.6 cm³/mol. The Morgan fingerprint density at radius 1 is 0.947 bits per heavy atom. The van der Waals surface area contributed by atoms with Gasteiger partial charge in [-0.05, 0) is 19.3 Å². The summed E-state index contributed by atoms with van der Waals surface area (Å²) in [5.74, 6) is 0.310. The van der Waals surface area contributed by atoms with Gasteiger partial charge in [-0.3, -0.25) is 0 Å². The second kappa shape index (κ2) is 11.9. The molecule has 1 atom stereocenters. The molecule has 0 rings (SSSR count). The minimum Gasteiger partial charge on any atom is -0.491 e. The summed E-state index contributed by atoms with van der Waals surface area (Å²) in [6.45, 7) is 4.28. The van der Waals surface area contributed by atoms with E-state index >= 15 is 0 Å². The highest BCUT2D eigenvalue weighted by molar-refractivity contribution is 4.94. The summed E-state index contributed by atoms with van der Waals surface area (Å²) in [7, 11) is 0. The van der Waals surface area contributed by atoms with Crippen LogP contribution in [0.3, 0.4) is 0 Å². The van der Waals surface area contributed by atoms with E-state index in [9.17, 15) is 0 Å². The molecule has 1 unspecified atom stereocenters. The molecule has 0 aromatic carbocycles. The molecule has 0 saturated carbocycles. The van der Waals surface area contributed by atoms with Crippen molar-refractivity contribution in [3.63, 3.8) is 0 Å². The van der Waals surface area contributed by atoms with Crippen LogP contribution in [0.2, 0.25) is 0 Å². The van der Waals surface area contributed by atoms with Gasteiger partial charge in [0.25, 0.3) is 18.8 Å². The molecule has 0 aromatic heterocycles. The maximum atomic E-state index is 8.53. The third-order valence-electron chi connectivity index (χ3n) is 2.12. The van der Waals surface area contributed by atoms with E-state index in [2.05, 4.69) is 16.1 Å². The van der Waals surface area contributed by atoms with Gasteiger partial charge in [0.2, 0.25) is 0 Å². The van der Waals surface area contributed by atoms with Crippen LogP contribution in [0.5, 0.6) is 0 Å². The lowest BCUT2D eigenvalue weighted by atomic mass is 10.1. The molecule has 0 bridgehead atoms. The number of unbranched alkanes of at least 4 members (excludes halogenated alkanes) is 1. The summed E-state index contributed by atoms with van der Waals surface area (Å²) in [5.41, 5.74) is 0. The van der Waals surface area contributed by atoms with Crippen molar-refractivity contribution < 1.29 is 18.9 Å². The van der Waals surface area contributed by atoms with Crippen LogP contribution in [-0.4, -0.2) is 25.9 Å². The molecule has 0 radical (unpaired) electrons. The zero-order valence-corrected chi connectivity index (χ0v) is 10.5. The van der Waals surface area contributed by atoms with Gasteiger partial charge in [0, 0.05) is 0 Å². The number of nitrogens with zero attached hydrogens (tertiary/aromatic N) is 3. The predicted octanol–water partition coefficient (Wildman–Crippen LogP) is 1.55. The zero-order chi connectivity index (χ0) is 14.3. The SMILES string of the molecule is C=C(OCCOC#N)C(CCCCOC#N)OC#N. The fourth-order valence-electron chi connectivity index (χ4n) is 1.25. The monoisotopic (exact) mass is 265 g/mol. The van der Waals surface area contributed by atoms with Crippen molar-refractivity contribution in [3.8, 4) is 18.8 Å². The lowest BCUT2D eigenvalue weighted by Crippen LogP contribution is -2.17. The summed E-state index contributed by atoms with van der Waals surface area (Å²) >= 11 is 0.